The predicted octanol–water partition coefficient (Wildman–Crippen LogP) is 2.75. The molecule has 2 aliphatic heterocycles. The van der Waals surface area contributed by atoms with Crippen LogP contribution in [0, 0.1) is 5.92 Å². The second-order valence-electron chi connectivity index (χ2n) is 6.38. The molecule has 3 N–H and O–H groups in total. The van der Waals surface area contributed by atoms with Gasteiger partial charge >= 0.3 is 0 Å². The van der Waals surface area contributed by atoms with Crippen molar-refractivity contribution in [2.45, 2.75) is 43.7 Å². The molecule has 2 fully saturated rings. The van der Waals surface area contributed by atoms with Gasteiger partial charge in [-0.05, 0) is 49.3 Å². The Morgan fingerprint density at radius 2 is 2.24 bits per heavy atom. The van der Waals surface area contributed by atoms with E-state index in [4.69, 9.17) is 10.6 Å². The Hall–Kier alpha value is -0.550. The van der Waals surface area contributed by atoms with Crippen LogP contribution < -0.4 is 11.3 Å². The van der Waals surface area contributed by atoms with Gasteiger partial charge in [-0.25, -0.2) is 0 Å². The molecule has 0 bridgehead atoms. The lowest BCUT2D eigenvalue weighted by Crippen LogP contribution is -2.49. The van der Waals surface area contributed by atoms with E-state index in [1.54, 1.807) is 0 Å². The summed E-state index contributed by atoms with van der Waals surface area (Å²) >= 11 is 2.03. The van der Waals surface area contributed by atoms with E-state index < -0.39 is 0 Å². The van der Waals surface area contributed by atoms with Crippen molar-refractivity contribution in [1.29, 1.82) is 0 Å². The summed E-state index contributed by atoms with van der Waals surface area (Å²) < 4.78 is 6.12. The molecule has 0 amide bonds. The van der Waals surface area contributed by atoms with Gasteiger partial charge in [0.2, 0.25) is 0 Å². The minimum Gasteiger partial charge on any atom is -0.374 e. The van der Waals surface area contributed by atoms with Crippen molar-refractivity contribution in [1.82, 2.24) is 5.43 Å². The first-order valence-electron chi connectivity index (χ1n) is 8.03. The molecule has 2 heterocycles. The lowest BCUT2D eigenvalue weighted by Gasteiger charge is -2.40. The van der Waals surface area contributed by atoms with Crippen LogP contribution >= 0.6 is 11.8 Å². The lowest BCUT2D eigenvalue weighted by molar-refractivity contribution is -0.0854. The SMILES string of the molecule is NNC(CCc1ccccc1)C1CCOC2(CCSC2)C1. The Bertz CT molecular complexity index is 434. The molecule has 3 unspecified atom stereocenters. The Kier molecular flexibility index (Phi) is 5.22. The third kappa shape index (κ3) is 3.81. The highest BCUT2D eigenvalue weighted by atomic mass is 32.2. The predicted molar refractivity (Wildman–Crippen MR) is 89.2 cm³/mol. The number of thioether (sulfide) groups is 1. The molecule has 21 heavy (non-hydrogen) atoms. The third-order valence-electron chi connectivity index (χ3n) is 4.97. The van der Waals surface area contributed by atoms with Gasteiger partial charge in [0.25, 0.3) is 0 Å². The zero-order valence-electron chi connectivity index (χ0n) is 12.6. The van der Waals surface area contributed by atoms with E-state index in [0.29, 0.717) is 12.0 Å². The number of aryl methyl sites for hydroxylation is 1. The molecule has 1 spiro atoms. The van der Waals surface area contributed by atoms with Crippen LogP contribution in [-0.4, -0.2) is 29.8 Å². The molecule has 0 saturated carbocycles. The number of nitrogens with one attached hydrogen (secondary N) is 1. The van der Waals surface area contributed by atoms with E-state index in [9.17, 15) is 0 Å². The highest BCUT2D eigenvalue weighted by Gasteiger charge is 2.42. The van der Waals surface area contributed by atoms with Crippen LogP contribution in [0.3, 0.4) is 0 Å². The molecule has 0 aliphatic carbocycles. The Balaban J connectivity index is 1.57. The smallest absolute Gasteiger partial charge is 0.0783 e. The Morgan fingerprint density at radius 3 is 2.95 bits per heavy atom. The van der Waals surface area contributed by atoms with Gasteiger partial charge in [-0.15, -0.1) is 0 Å². The average Bonchev–Trinajstić information content (AvgIpc) is 2.97. The number of hydrazine groups is 1. The van der Waals surface area contributed by atoms with Crippen molar-refractivity contribution in [2.75, 3.05) is 18.1 Å². The average molecular weight is 306 g/mol. The zero-order chi connectivity index (χ0) is 14.5. The lowest BCUT2D eigenvalue weighted by atomic mass is 9.80. The summed E-state index contributed by atoms with van der Waals surface area (Å²) in [7, 11) is 0. The summed E-state index contributed by atoms with van der Waals surface area (Å²) in [6.45, 7) is 0.898. The van der Waals surface area contributed by atoms with Gasteiger partial charge in [0, 0.05) is 18.4 Å². The molecule has 1 aromatic rings. The normalized spacial score (nSPS) is 30.6. The number of nitrogens with two attached hydrogens (primary N) is 1. The van der Waals surface area contributed by atoms with Gasteiger partial charge in [0.05, 0.1) is 5.60 Å². The largest absolute Gasteiger partial charge is 0.374 e. The number of hydrogen-bond donors (Lipinski definition) is 2. The Labute approximate surface area is 132 Å². The van der Waals surface area contributed by atoms with Gasteiger partial charge in [0.15, 0.2) is 0 Å². The van der Waals surface area contributed by atoms with Gasteiger partial charge in [-0.2, -0.15) is 11.8 Å². The fraction of sp³-hybridized carbons (Fsp3) is 0.647. The van der Waals surface area contributed by atoms with Crippen molar-refractivity contribution < 1.29 is 4.74 Å². The van der Waals surface area contributed by atoms with Crippen LogP contribution in [0.25, 0.3) is 0 Å². The van der Waals surface area contributed by atoms with Crippen LogP contribution in [0.4, 0.5) is 0 Å². The monoisotopic (exact) mass is 306 g/mol. The molecule has 1 aromatic carbocycles. The molecule has 3 nitrogen and oxygen atoms in total. The van der Waals surface area contributed by atoms with E-state index in [2.05, 4.69) is 35.8 Å². The fourth-order valence-electron chi connectivity index (χ4n) is 3.69. The summed E-state index contributed by atoms with van der Waals surface area (Å²) in [5.74, 6) is 8.92. The van der Waals surface area contributed by atoms with Crippen molar-refractivity contribution in [3.8, 4) is 0 Å². The molecule has 116 valence electrons. The van der Waals surface area contributed by atoms with Crippen molar-refractivity contribution in [3.05, 3.63) is 35.9 Å². The number of ether oxygens (including phenoxy) is 1. The maximum absolute atomic E-state index is 6.12. The number of hydrogen-bond acceptors (Lipinski definition) is 4. The van der Waals surface area contributed by atoms with Gasteiger partial charge in [-0.1, -0.05) is 30.3 Å². The zero-order valence-corrected chi connectivity index (χ0v) is 13.4. The summed E-state index contributed by atoms with van der Waals surface area (Å²) in [5.41, 5.74) is 4.63. The van der Waals surface area contributed by atoms with Crippen molar-refractivity contribution in [2.24, 2.45) is 11.8 Å². The standard InChI is InChI=1S/C17H26N2OS/c18-19-16(7-6-14-4-2-1-3-5-14)15-8-10-20-17(12-15)9-11-21-13-17/h1-5,15-16,19H,6-13,18H2. The molecular formula is C17H26N2OS. The maximum atomic E-state index is 6.12. The first-order valence-corrected chi connectivity index (χ1v) is 9.19. The fourth-order valence-corrected chi connectivity index (χ4v) is 5.07. The van der Waals surface area contributed by atoms with E-state index in [0.717, 1.165) is 25.9 Å². The topological polar surface area (TPSA) is 47.3 Å². The van der Waals surface area contributed by atoms with Gasteiger partial charge < -0.3 is 4.74 Å². The van der Waals surface area contributed by atoms with Gasteiger partial charge in [-0.3, -0.25) is 11.3 Å². The van der Waals surface area contributed by atoms with Crippen LogP contribution in [0.5, 0.6) is 0 Å². The highest BCUT2D eigenvalue weighted by Crippen LogP contribution is 2.41. The molecule has 2 aliphatic rings. The Morgan fingerprint density at radius 1 is 1.38 bits per heavy atom. The first-order chi connectivity index (χ1) is 10.3. The molecule has 0 radical (unpaired) electrons. The highest BCUT2D eigenvalue weighted by molar-refractivity contribution is 7.99. The summed E-state index contributed by atoms with van der Waals surface area (Å²) in [6, 6.07) is 11.1. The van der Waals surface area contributed by atoms with Crippen LogP contribution in [0.2, 0.25) is 0 Å². The van der Waals surface area contributed by atoms with Crippen LogP contribution in [-0.2, 0) is 11.2 Å². The number of benzene rings is 1. The number of rotatable bonds is 5. The first kappa shape index (κ1) is 15.3. The van der Waals surface area contributed by atoms with Gasteiger partial charge in [0.1, 0.15) is 0 Å². The minimum atomic E-state index is 0.148. The van der Waals surface area contributed by atoms with Crippen molar-refractivity contribution >= 4 is 11.8 Å². The molecule has 3 rings (SSSR count). The summed E-state index contributed by atoms with van der Waals surface area (Å²) in [6.07, 6.45) is 5.72. The second kappa shape index (κ2) is 7.14. The van der Waals surface area contributed by atoms with Crippen LogP contribution in [0.15, 0.2) is 30.3 Å². The molecule has 4 heteroatoms. The van der Waals surface area contributed by atoms with Crippen molar-refractivity contribution in [3.63, 3.8) is 0 Å². The maximum Gasteiger partial charge on any atom is 0.0783 e. The molecule has 0 aromatic heterocycles. The summed E-state index contributed by atoms with van der Waals surface area (Å²) in [5, 5.41) is 0. The van der Waals surface area contributed by atoms with E-state index in [-0.39, 0.29) is 5.60 Å². The van der Waals surface area contributed by atoms with E-state index in [1.165, 1.54) is 29.9 Å². The van der Waals surface area contributed by atoms with Crippen LogP contribution in [0.1, 0.15) is 31.2 Å². The van der Waals surface area contributed by atoms with E-state index in [1.807, 2.05) is 11.8 Å². The second-order valence-corrected chi connectivity index (χ2v) is 7.49. The molecular weight excluding hydrogens is 280 g/mol. The van der Waals surface area contributed by atoms with E-state index >= 15 is 0 Å². The third-order valence-corrected chi connectivity index (χ3v) is 6.19. The quantitative estimate of drug-likeness (QED) is 0.649. The minimum absolute atomic E-state index is 0.148. The molecule has 2 saturated heterocycles. The summed E-state index contributed by atoms with van der Waals surface area (Å²) in [4.78, 5) is 0. The molecule has 3 atom stereocenters.